The number of likely N-dealkylation sites (N-methyl/N-ethyl adjacent to an activating group) is 1. The normalized spacial score (nSPS) is 25.9. The molecule has 1 saturated carbocycles. The number of para-hydroxylation sites is 1. The minimum Gasteiger partial charge on any atom is -0.466 e. The van der Waals surface area contributed by atoms with Crippen LogP contribution in [0.1, 0.15) is 51.0 Å². The molecule has 1 aliphatic heterocycles. The first-order valence-electron chi connectivity index (χ1n) is 8.62. The van der Waals surface area contributed by atoms with Gasteiger partial charge in [-0.2, -0.15) is 0 Å². The molecule has 1 aromatic rings. The number of rotatable bonds is 5. The number of nitrogens with zero attached hydrogens (tertiary/aromatic N) is 1. The van der Waals surface area contributed by atoms with Crippen LogP contribution in [0, 0.1) is 5.92 Å². The zero-order valence-corrected chi connectivity index (χ0v) is 14.0. The number of esters is 1. The van der Waals surface area contributed by atoms with E-state index in [9.17, 15) is 9.59 Å². The lowest BCUT2D eigenvalue weighted by atomic mass is 9.79. The molecule has 1 amide bonds. The monoisotopic (exact) mass is 315 g/mol. The molecule has 0 bridgehead atoms. The van der Waals surface area contributed by atoms with Crippen molar-refractivity contribution in [2.24, 2.45) is 5.92 Å². The Labute approximate surface area is 137 Å². The Hall–Kier alpha value is -1.84. The molecular formula is C19H25NO3. The molecule has 0 unspecified atom stereocenters. The van der Waals surface area contributed by atoms with Gasteiger partial charge in [0.2, 0.25) is 5.91 Å². The van der Waals surface area contributed by atoms with Crippen molar-refractivity contribution in [1.82, 2.24) is 0 Å². The third-order valence-corrected chi connectivity index (χ3v) is 5.41. The van der Waals surface area contributed by atoms with Crippen LogP contribution in [0.25, 0.3) is 0 Å². The first-order chi connectivity index (χ1) is 11.1. The molecule has 4 heteroatoms. The van der Waals surface area contributed by atoms with Gasteiger partial charge in [-0.05, 0) is 56.6 Å². The topological polar surface area (TPSA) is 46.6 Å². The van der Waals surface area contributed by atoms with E-state index in [1.807, 2.05) is 37.1 Å². The smallest absolute Gasteiger partial charge is 0.305 e. The maximum absolute atomic E-state index is 12.9. The lowest BCUT2D eigenvalue weighted by Gasteiger charge is -2.22. The van der Waals surface area contributed by atoms with Crippen LogP contribution in [0.3, 0.4) is 0 Å². The van der Waals surface area contributed by atoms with Crippen LogP contribution in [0.5, 0.6) is 0 Å². The molecule has 0 saturated heterocycles. The van der Waals surface area contributed by atoms with Gasteiger partial charge in [-0.15, -0.1) is 0 Å². The largest absolute Gasteiger partial charge is 0.466 e. The Kier molecular flexibility index (Phi) is 4.42. The number of hydrogen-bond acceptors (Lipinski definition) is 3. The van der Waals surface area contributed by atoms with E-state index in [0.717, 1.165) is 37.8 Å². The Morgan fingerprint density at radius 1 is 1.39 bits per heavy atom. The third kappa shape index (κ3) is 2.75. The van der Waals surface area contributed by atoms with Gasteiger partial charge in [0.1, 0.15) is 0 Å². The van der Waals surface area contributed by atoms with Crippen molar-refractivity contribution in [2.45, 2.75) is 50.9 Å². The van der Waals surface area contributed by atoms with E-state index in [1.54, 1.807) is 0 Å². The van der Waals surface area contributed by atoms with Crippen molar-refractivity contribution in [2.75, 3.05) is 18.6 Å². The SMILES string of the molecule is CCOC(=O)CCC[C@@H]1CC[C@]2(C1)C(=O)N(C)c1ccccc12. The molecule has 124 valence electrons. The Balaban J connectivity index is 1.65. The highest BCUT2D eigenvalue weighted by molar-refractivity contribution is 6.07. The molecule has 23 heavy (non-hydrogen) atoms. The van der Waals surface area contributed by atoms with Crippen LogP contribution in [-0.2, 0) is 19.7 Å². The predicted octanol–water partition coefficient (Wildman–Crippen LogP) is 3.43. The average molecular weight is 315 g/mol. The van der Waals surface area contributed by atoms with Crippen LogP contribution in [0.2, 0.25) is 0 Å². The molecule has 1 aromatic carbocycles. The summed E-state index contributed by atoms with van der Waals surface area (Å²) in [6, 6.07) is 8.17. The summed E-state index contributed by atoms with van der Waals surface area (Å²) < 4.78 is 4.98. The summed E-state index contributed by atoms with van der Waals surface area (Å²) in [6.45, 7) is 2.28. The van der Waals surface area contributed by atoms with Gasteiger partial charge in [-0.1, -0.05) is 18.2 Å². The van der Waals surface area contributed by atoms with Crippen LogP contribution >= 0.6 is 0 Å². The van der Waals surface area contributed by atoms with Crippen LogP contribution in [0.4, 0.5) is 5.69 Å². The molecule has 1 heterocycles. The number of benzene rings is 1. The minimum atomic E-state index is -0.320. The Morgan fingerprint density at radius 2 is 2.17 bits per heavy atom. The standard InChI is InChI=1S/C19H25NO3/c1-3-23-17(21)10-6-7-14-11-12-19(13-14)15-8-4-5-9-16(15)20(2)18(19)22/h4-5,8-9,14H,3,6-7,10-13H2,1-2H3/t14-,19-/m1/s1. The van der Waals surface area contributed by atoms with E-state index >= 15 is 0 Å². The molecule has 1 aliphatic carbocycles. The molecule has 1 spiro atoms. The van der Waals surface area contributed by atoms with Crippen molar-refractivity contribution in [3.63, 3.8) is 0 Å². The molecule has 3 rings (SSSR count). The van der Waals surface area contributed by atoms with Crippen molar-refractivity contribution in [3.8, 4) is 0 Å². The molecular weight excluding hydrogens is 290 g/mol. The van der Waals surface area contributed by atoms with E-state index in [1.165, 1.54) is 5.56 Å². The second-order valence-electron chi connectivity index (χ2n) is 6.77. The first-order valence-corrected chi connectivity index (χ1v) is 8.62. The van der Waals surface area contributed by atoms with E-state index in [0.29, 0.717) is 18.9 Å². The van der Waals surface area contributed by atoms with Gasteiger partial charge in [0, 0.05) is 19.2 Å². The maximum atomic E-state index is 12.9. The zero-order chi connectivity index (χ0) is 16.4. The summed E-state index contributed by atoms with van der Waals surface area (Å²) in [5, 5.41) is 0. The Morgan fingerprint density at radius 3 is 2.96 bits per heavy atom. The minimum absolute atomic E-state index is 0.109. The highest BCUT2D eigenvalue weighted by Crippen LogP contribution is 2.53. The van der Waals surface area contributed by atoms with Crippen LogP contribution < -0.4 is 4.90 Å². The zero-order valence-electron chi connectivity index (χ0n) is 14.0. The highest BCUT2D eigenvalue weighted by atomic mass is 16.5. The molecule has 0 radical (unpaired) electrons. The van der Waals surface area contributed by atoms with Gasteiger partial charge in [0.05, 0.1) is 12.0 Å². The van der Waals surface area contributed by atoms with Crippen molar-refractivity contribution >= 4 is 17.6 Å². The van der Waals surface area contributed by atoms with Gasteiger partial charge in [-0.3, -0.25) is 9.59 Å². The van der Waals surface area contributed by atoms with Gasteiger partial charge in [-0.25, -0.2) is 0 Å². The molecule has 4 nitrogen and oxygen atoms in total. The fourth-order valence-electron chi connectivity index (χ4n) is 4.32. The lowest BCUT2D eigenvalue weighted by Crippen LogP contribution is -2.36. The number of carbonyl (C=O) groups excluding carboxylic acids is 2. The van der Waals surface area contributed by atoms with Gasteiger partial charge >= 0.3 is 5.97 Å². The van der Waals surface area contributed by atoms with Crippen molar-refractivity contribution < 1.29 is 14.3 Å². The molecule has 2 atom stereocenters. The Bertz CT molecular complexity index is 612. The average Bonchev–Trinajstić information content (AvgIpc) is 3.06. The molecule has 0 N–H and O–H groups in total. The number of amides is 1. The molecule has 1 fully saturated rings. The predicted molar refractivity (Wildman–Crippen MR) is 89.4 cm³/mol. The fourth-order valence-corrected chi connectivity index (χ4v) is 4.32. The lowest BCUT2D eigenvalue weighted by molar-refractivity contribution is -0.143. The van der Waals surface area contributed by atoms with Crippen molar-refractivity contribution in [1.29, 1.82) is 0 Å². The van der Waals surface area contributed by atoms with E-state index in [2.05, 4.69) is 6.07 Å². The number of anilines is 1. The second-order valence-corrected chi connectivity index (χ2v) is 6.77. The van der Waals surface area contributed by atoms with E-state index in [4.69, 9.17) is 4.74 Å². The van der Waals surface area contributed by atoms with E-state index in [-0.39, 0.29) is 17.3 Å². The van der Waals surface area contributed by atoms with Crippen molar-refractivity contribution in [3.05, 3.63) is 29.8 Å². The highest BCUT2D eigenvalue weighted by Gasteiger charge is 2.53. The fraction of sp³-hybridized carbons (Fsp3) is 0.579. The summed E-state index contributed by atoms with van der Waals surface area (Å²) in [5.74, 6) is 0.654. The van der Waals surface area contributed by atoms with Gasteiger partial charge in [0.25, 0.3) is 0 Å². The summed E-state index contributed by atoms with van der Waals surface area (Å²) in [6.07, 6.45) is 5.25. The second kappa shape index (κ2) is 6.34. The quantitative estimate of drug-likeness (QED) is 0.782. The number of carbonyl (C=O) groups is 2. The van der Waals surface area contributed by atoms with Gasteiger partial charge in [0.15, 0.2) is 0 Å². The number of hydrogen-bond donors (Lipinski definition) is 0. The van der Waals surface area contributed by atoms with Gasteiger partial charge < -0.3 is 9.64 Å². The summed E-state index contributed by atoms with van der Waals surface area (Å²) in [5.41, 5.74) is 1.94. The number of ether oxygens (including phenoxy) is 1. The molecule has 2 aliphatic rings. The summed E-state index contributed by atoms with van der Waals surface area (Å²) >= 11 is 0. The summed E-state index contributed by atoms with van der Waals surface area (Å²) in [7, 11) is 1.88. The molecule has 0 aromatic heterocycles. The van der Waals surface area contributed by atoms with E-state index < -0.39 is 0 Å². The van der Waals surface area contributed by atoms with Crippen LogP contribution in [0.15, 0.2) is 24.3 Å². The maximum Gasteiger partial charge on any atom is 0.305 e. The summed E-state index contributed by atoms with van der Waals surface area (Å²) in [4.78, 5) is 26.1. The van der Waals surface area contributed by atoms with Crippen LogP contribution in [-0.4, -0.2) is 25.5 Å². The number of fused-ring (bicyclic) bond motifs is 2. The third-order valence-electron chi connectivity index (χ3n) is 5.41. The first kappa shape index (κ1) is 16.0.